The van der Waals surface area contributed by atoms with E-state index in [1.165, 1.54) is 11.3 Å². The van der Waals surface area contributed by atoms with E-state index < -0.39 is 11.8 Å². The molecule has 1 atom stereocenters. The third-order valence-electron chi connectivity index (χ3n) is 5.43. The fourth-order valence-corrected chi connectivity index (χ4v) is 4.75. The molecule has 2 aromatic carbocycles. The molecule has 2 N–H and O–H groups in total. The van der Waals surface area contributed by atoms with Crippen molar-refractivity contribution in [3.63, 3.8) is 0 Å². The van der Waals surface area contributed by atoms with E-state index in [2.05, 4.69) is 43.5 Å². The van der Waals surface area contributed by atoms with E-state index in [9.17, 15) is 9.59 Å². The zero-order valence-corrected chi connectivity index (χ0v) is 21.4. The molecule has 0 aliphatic heterocycles. The van der Waals surface area contributed by atoms with Crippen molar-refractivity contribution in [3.8, 4) is 11.1 Å². The minimum Gasteiger partial charge on any atom is -0.351 e. The zero-order valence-electron chi connectivity index (χ0n) is 20.5. The van der Waals surface area contributed by atoms with Gasteiger partial charge in [-0.1, -0.05) is 82.3 Å². The van der Waals surface area contributed by atoms with Gasteiger partial charge in [0.25, 0.3) is 5.91 Å². The van der Waals surface area contributed by atoms with Crippen LogP contribution in [0.5, 0.6) is 0 Å². The topological polar surface area (TPSA) is 74.3 Å². The second-order valence-corrected chi connectivity index (χ2v) is 10.2. The van der Waals surface area contributed by atoms with Gasteiger partial charge in [0.1, 0.15) is 5.69 Å². The van der Waals surface area contributed by atoms with Crippen LogP contribution in [-0.4, -0.2) is 30.4 Å². The Kier molecular flexibility index (Phi) is 8.82. The molecule has 0 aliphatic rings. The number of rotatable bonds is 9. The molecule has 0 spiro atoms. The Hall–Kier alpha value is -3.19. The number of carbonyl (C=O) groups is 2. The first-order valence-electron chi connectivity index (χ1n) is 11.7. The highest BCUT2D eigenvalue weighted by Gasteiger charge is 2.25. The highest BCUT2D eigenvalue weighted by atomic mass is 32.1. The van der Waals surface area contributed by atoms with E-state index in [4.69, 9.17) is 0 Å². The maximum absolute atomic E-state index is 13.3. The zero-order chi connectivity index (χ0) is 24.7. The van der Waals surface area contributed by atoms with Crippen LogP contribution in [0.4, 0.5) is 5.13 Å². The minimum absolute atomic E-state index is 0.238. The third-order valence-corrected chi connectivity index (χ3v) is 6.39. The summed E-state index contributed by atoms with van der Waals surface area (Å²) in [6.07, 6.45) is 0.659. The standard InChI is InChI=1S/C27H34N4O2S/c1-18(2)15-23(22-14-10-9-13-21(22)20-11-7-6-8-12-20)25(32)29-30-26(33)24-17-34-27(28-24)31(5)16-19(3)4/h6-14,17-19,23H,15-16H2,1-5H3,(H,29,32)(H,30,33). The monoisotopic (exact) mass is 478 g/mol. The summed E-state index contributed by atoms with van der Waals surface area (Å²) >= 11 is 1.41. The number of amides is 2. The largest absolute Gasteiger partial charge is 0.351 e. The number of hydrogen-bond donors (Lipinski definition) is 2. The molecule has 34 heavy (non-hydrogen) atoms. The van der Waals surface area contributed by atoms with E-state index in [1.54, 1.807) is 5.38 Å². The maximum atomic E-state index is 13.3. The van der Waals surface area contributed by atoms with Crippen LogP contribution in [0.15, 0.2) is 60.0 Å². The van der Waals surface area contributed by atoms with Crippen molar-refractivity contribution in [2.45, 2.75) is 40.0 Å². The summed E-state index contributed by atoms with van der Waals surface area (Å²) in [5, 5.41) is 2.49. The number of hydrogen-bond acceptors (Lipinski definition) is 5. The summed E-state index contributed by atoms with van der Waals surface area (Å²) in [4.78, 5) is 32.4. The smallest absolute Gasteiger partial charge is 0.289 e. The second-order valence-electron chi connectivity index (χ2n) is 9.37. The lowest BCUT2D eigenvalue weighted by molar-refractivity contribution is -0.123. The number of carbonyl (C=O) groups excluding carboxylic acids is 2. The molecular weight excluding hydrogens is 444 g/mol. The summed E-state index contributed by atoms with van der Waals surface area (Å²) < 4.78 is 0. The lowest BCUT2D eigenvalue weighted by Crippen LogP contribution is -2.44. The Morgan fingerprint density at radius 2 is 1.62 bits per heavy atom. The van der Waals surface area contributed by atoms with Gasteiger partial charge in [-0.3, -0.25) is 20.4 Å². The van der Waals surface area contributed by atoms with Crippen LogP contribution in [0.3, 0.4) is 0 Å². The van der Waals surface area contributed by atoms with Gasteiger partial charge in [-0.05, 0) is 34.9 Å². The molecule has 0 saturated carbocycles. The number of benzene rings is 2. The van der Waals surface area contributed by atoms with Crippen LogP contribution in [0.2, 0.25) is 0 Å². The first-order chi connectivity index (χ1) is 16.3. The Morgan fingerprint density at radius 1 is 0.941 bits per heavy atom. The molecular formula is C27H34N4O2S. The molecule has 1 unspecified atom stereocenters. The maximum Gasteiger partial charge on any atom is 0.289 e. The first-order valence-corrected chi connectivity index (χ1v) is 12.6. The molecule has 3 rings (SSSR count). The van der Waals surface area contributed by atoms with Gasteiger partial charge in [-0.2, -0.15) is 0 Å². The highest BCUT2D eigenvalue weighted by molar-refractivity contribution is 7.13. The van der Waals surface area contributed by atoms with Gasteiger partial charge in [-0.15, -0.1) is 11.3 Å². The SMILES string of the molecule is CC(C)CC(C(=O)NNC(=O)c1csc(N(C)CC(C)C)n1)c1ccccc1-c1ccccc1. The van der Waals surface area contributed by atoms with E-state index in [-0.39, 0.29) is 5.91 Å². The lowest BCUT2D eigenvalue weighted by atomic mass is 9.85. The fourth-order valence-electron chi connectivity index (χ4n) is 3.97. The Bertz CT molecular complexity index is 1090. The molecule has 0 saturated heterocycles. The van der Waals surface area contributed by atoms with Crippen LogP contribution >= 0.6 is 11.3 Å². The number of hydrazine groups is 1. The summed E-state index contributed by atoms with van der Waals surface area (Å²) in [6.45, 7) is 9.31. The summed E-state index contributed by atoms with van der Waals surface area (Å²) in [5.41, 5.74) is 8.53. The summed E-state index contributed by atoms with van der Waals surface area (Å²) in [6, 6.07) is 18.0. The molecule has 1 heterocycles. The van der Waals surface area contributed by atoms with E-state index in [0.717, 1.165) is 28.4 Å². The fraction of sp³-hybridized carbons (Fsp3) is 0.370. The molecule has 180 valence electrons. The van der Waals surface area contributed by atoms with Crippen LogP contribution in [0, 0.1) is 11.8 Å². The Labute approximate surface area is 206 Å². The molecule has 3 aromatic rings. The molecule has 7 heteroatoms. The molecule has 0 bridgehead atoms. The normalized spacial score (nSPS) is 12.0. The van der Waals surface area contributed by atoms with E-state index in [0.29, 0.717) is 24.0 Å². The highest BCUT2D eigenvalue weighted by Crippen LogP contribution is 2.33. The number of nitrogens with one attached hydrogen (secondary N) is 2. The van der Waals surface area contributed by atoms with Crippen molar-refractivity contribution < 1.29 is 9.59 Å². The summed E-state index contributed by atoms with van der Waals surface area (Å²) in [5.74, 6) is -0.277. The van der Waals surface area contributed by atoms with Gasteiger partial charge in [0, 0.05) is 19.0 Å². The lowest BCUT2D eigenvalue weighted by Gasteiger charge is -2.22. The predicted octanol–water partition coefficient (Wildman–Crippen LogP) is 5.49. The molecule has 2 amide bonds. The molecule has 0 aliphatic carbocycles. The Balaban J connectivity index is 1.74. The van der Waals surface area contributed by atoms with Crippen LogP contribution < -0.4 is 15.8 Å². The van der Waals surface area contributed by atoms with Gasteiger partial charge < -0.3 is 4.90 Å². The molecule has 0 radical (unpaired) electrons. The van der Waals surface area contributed by atoms with Crippen LogP contribution in [0.25, 0.3) is 11.1 Å². The number of anilines is 1. The minimum atomic E-state index is -0.423. The number of aromatic nitrogens is 1. The van der Waals surface area contributed by atoms with Gasteiger partial charge >= 0.3 is 0 Å². The molecule has 1 aromatic heterocycles. The number of nitrogens with zero attached hydrogens (tertiary/aromatic N) is 2. The molecule has 6 nitrogen and oxygen atoms in total. The first kappa shape index (κ1) is 25.4. The van der Waals surface area contributed by atoms with E-state index in [1.807, 2.05) is 66.5 Å². The predicted molar refractivity (Wildman–Crippen MR) is 140 cm³/mol. The van der Waals surface area contributed by atoms with Crippen molar-refractivity contribution >= 4 is 28.3 Å². The molecule has 0 fully saturated rings. The van der Waals surface area contributed by atoms with Gasteiger partial charge in [0.2, 0.25) is 5.91 Å². The second kappa shape index (κ2) is 11.8. The van der Waals surface area contributed by atoms with Crippen LogP contribution in [-0.2, 0) is 4.79 Å². The van der Waals surface area contributed by atoms with Crippen molar-refractivity contribution in [3.05, 3.63) is 71.2 Å². The Morgan fingerprint density at radius 3 is 2.29 bits per heavy atom. The average Bonchev–Trinajstić information content (AvgIpc) is 3.32. The van der Waals surface area contributed by atoms with Crippen molar-refractivity contribution in [1.29, 1.82) is 0 Å². The van der Waals surface area contributed by atoms with Crippen molar-refractivity contribution in [2.24, 2.45) is 11.8 Å². The van der Waals surface area contributed by atoms with Gasteiger partial charge in [0.05, 0.1) is 5.92 Å². The van der Waals surface area contributed by atoms with E-state index >= 15 is 0 Å². The van der Waals surface area contributed by atoms with Crippen LogP contribution in [0.1, 0.15) is 56.1 Å². The number of thiazole rings is 1. The third kappa shape index (κ3) is 6.67. The summed E-state index contributed by atoms with van der Waals surface area (Å²) in [7, 11) is 1.96. The van der Waals surface area contributed by atoms with Crippen molar-refractivity contribution in [1.82, 2.24) is 15.8 Å². The van der Waals surface area contributed by atoms with Gasteiger partial charge in [-0.25, -0.2) is 4.98 Å². The average molecular weight is 479 g/mol. The van der Waals surface area contributed by atoms with Crippen molar-refractivity contribution in [2.75, 3.05) is 18.5 Å². The van der Waals surface area contributed by atoms with Gasteiger partial charge in [0.15, 0.2) is 5.13 Å². The quantitative estimate of drug-likeness (QED) is 0.399.